The number of aliphatic hydroxyl groups is 4. The standard InChI is InChI=1S/C23H28O11/c1-10-14(24)7-12-13(20(28)29)8-32-22(16(10)12)34-23-19(27)18(26)17(25)15(33-23)9-31-21(30)11-5-3-2-4-6-11/h2-6,8,10,12,14-19,22-27H,7,9H2,1H3,(H,28,29)/t10-,12+,14+,15+,16+,17+,18-,19+,22+,23-/m1/s1. The Morgan fingerprint density at radius 1 is 1.03 bits per heavy atom. The van der Waals surface area contributed by atoms with Gasteiger partial charge in [-0.3, -0.25) is 0 Å². The van der Waals surface area contributed by atoms with E-state index in [0.717, 1.165) is 6.26 Å². The molecule has 1 saturated carbocycles. The second-order valence-corrected chi connectivity index (χ2v) is 8.84. The number of carboxylic acids is 1. The van der Waals surface area contributed by atoms with Crippen molar-refractivity contribution < 1.29 is 54.1 Å². The summed E-state index contributed by atoms with van der Waals surface area (Å²) >= 11 is 0. The predicted octanol–water partition coefficient (Wildman–Crippen LogP) is -0.375. The van der Waals surface area contributed by atoms with E-state index in [2.05, 4.69) is 0 Å². The molecule has 2 fully saturated rings. The second kappa shape index (κ2) is 9.98. The third-order valence-electron chi connectivity index (χ3n) is 6.79. The number of aliphatic carboxylic acids is 1. The fourth-order valence-electron chi connectivity index (χ4n) is 4.79. The molecule has 11 nitrogen and oxygen atoms in total. The van der Waals surface area contributed by atoms with Crippen molar-refractivity contribution in [3.63, 3.8) is 0 Å². The first kappa shape index (κ1) is 24.6. The van der Waals surface area contributed by atoms with Crippen LogP contribution in [0.15, 0.2) is 42.2 Å². The first-order valence-corrected chi connectivity index (χ1v) is 11.0. The Kier molecular flexibility index (Phi) is 7.22. The Morgan fingerprint density at radius 3 is 2.41 bits per heavy atom. The number of benzene rings is 1. The van der Waals surface area contributed by atoms with E-state index in [4.69, 9.17) is 18.9 Å². The molecule has 0 aromatic heterocycles. The molecule has 10 atom stereocenters. The molecule has 2 heterocycles. The van der Waals surface area contributed by atoms with Crippen LogP contribution < -0.4 is 0 Å². The molecular formula is C23H28O11. The molecule has 1 saturated heterocycles. The lowest BCUT2D eigenvalue weighted by Crippen LogP contribution is -2.60. The quantitative estimate of drug-likeness (QED) is 0.336. The summed E-state index contributed by atoms with van der Waals surface area (Å²) < 4.78 is 22.1. The summed E-state index contributed by atoms with van der Waals surface area (Å²) in [6.07, 6.45) is -8.19. The lowest BCUT2D eigenvalue weighted by Gasteiger charge is -2.43. The van der Waals surface area contributed by atoms with E-state index in [1.54, 1.807) is 37.3 Å². The normalized spacial score (nSPS) is 39.5. The lowest BCUT2D eigenvalue weighted by molar-refractivity contribution is -0.342. The van der Waals surface area contributed by atoms with E-state index >= 15 is 0 Å². The maximum absolute atomic E-state index is 12.2. The number of carboxylic acid groups (broad SMARTS) is 1. The SMILES string of the molecule is C[C@H]1[C@@H]2[C@H](O[C@H]3O[C@@H](COC(=O)c4ccccc4)[C@H](O)[C@@H](O)[C@@H]3O)OC=C(C(=O)O)[C@@H]2C[C@@H]1O. The summed E-state index contributed by atoms with van der Waals surface area (Å²) in [7, 11) is 0. The van der Waals surface area contributed by atoms with Gasteiger partial charge in [0.05, 0.1) is 23.5 Å². The monoisotopic (exact) mass is 480 g/mol. The Hall–Kier alpha value is -2.54. The van der Waals surface area contributed by atoms with Crippen LogP contribution in [0.3, 0.4) is 0 Å². The van der Waals surface area contributed by atoms with E-state index in [0.29, 0.717) is 0 Å². The highest BCUT2D eigenvalue weighted by Crippen LogP contribution is 2.47. The van der Waals surface area contributed by atoms with Crippen LogP contribution in [0.2, 0.25) is 0 Å². The van der Waals surface area contributed by atoms with E-state index in [1.165, 1.54) is 0 Å². The van der Waals surface area contributed by atoms with Crippen LogP contribution in [0.1, 0.15) is 23.7 Å². The zero-order valence-electron chi connectivity index (χ0n) is 18.3. The third kappa shape index (κ3) is 4.67. The molecule has 4 rings (SSSR count). The first-order chi connectivity index (χ1) is 16.2. The van der Waals surface area contributed by atoms with Crippen molar-refractivity contribution in [2.75, 3.05) is 6.61 Å². The van der Waals surface area contributed by atoms with Crippen LogP contribution in [0.25, 0.3) is 0 Å². The average molecular weight is 480 g/mol. The van der Waals surface area contributed by atoms with Crippen molar-refractivity contribution in [2.45, 2.75) is 56.4 Å². The fraction of sp³-hybridized carbons (Fsp3) is 0.565. The van der Waals surface area contributed by atoms with Crippen LogP contribution in [-0.2, 0) is 23.7 Å². The summed E-state index contributed by atoms with van der Waals surface area (Å²) in [6.45, 7) is 1.32. The molecule has 5 N–H and O–H groups in total. The van der Waals surface area contributed by atoms with E-state index in [-0.39, 0.29) is 23.5 Å². The summed E-state index contributed by atoms with van der Waals surface area (Å²) in [5.41, 5.74) is 0.303. The smallest absolute Gasteiger partial charge is 0.338 e. The molecule has 1 aliphatic carbocycles. The van der Waals surface area contributed by atoms with Gasteiger partial charge in [-0.25, -0.2) is 9.59 Å². The van der Waals surface area contributed by atoms with Crippen molar-refractivity contribution in [3.05, 3.63) is 47.7 Å². The molecule has 11 heteroatoms. The summed E-state index contributed by atoms with van der Waals surface area (Å²) in [6, 6.07) is 8.17. The number of aliphatic hydroxyl groups excluding tert-OH is 4. The molecule has 0 spiro atoms. The lowest BCUT2D eigenvalue weighted by atomic mass is 9.83. The van der Waals surface area contributed by atoms with E-state index < -0.39 is 73.5 Å². The number of fused-ring (bicyclic) bond motifs is 1. The number of carbonyl (C=O) groups is 2. The third-order valence-corrected chi connectivity index (χ3v) is 6.79. The molecule has 1 aromatic rings. The minimum atomic E-state index is -1.67. The minimum absolute atomic E-state index is 0.0134. The molecule has 0 bridgehead atoms. The van der Waals surface area contributed by atoms with Gasteiger partial charge in [-0.1, -0.05) is 25.1 Å². The van der Waals surface area contributed by atoms with Crippen LogP contribution in [-0.4, -0.2) is 87.2 Å². The van der Waals surface area contributed by atoms with E-state index in [9.17, 15) is 35.1 Å². The zero-order chi connectivity index (χ0) is 24.6. The molecule has 0 unspecified atom stereocenters. The molecule has 34 heavy (non-hydrogen) atoms. The van der Waals surface area contributed by atoms with Gasteiger partial charge < -0.3 is 44.5 Å². The topological polar surface area (TPSA) is 172 Å². The molecule has 186 valence electrons. The Balaban J connectivity index is 1.45. The van der Waals surface area contributed by atoms with Gasteiger partial charge in [0.1, 0.15) is 31.0 Å². The second-order valence-electron chi connectivity index (χ2n) is 8.84. The summed E-state index contributed by atoms with van der Waals surface area (Å²) in [5, 5.41) is 50.8. The van der Waals surface area contributed by atoms with Crippen molar-refractivity contribution in [3.8, 4) is 0 Å². The Bertz CT molecular complexity index is 919. The number of carbonyl (C=O) groups excluding carboxylic acids is 1. The van der Waals surface area contributed by atoms with Gasteiger partial charge in [-0.2, -0.15) is 0 Å². The molecule has 2 aliphatic heterocycles. The van der Waals surface area contributed by atoms with Gasteiger partial charge in [-0.05, 0) is 24.5 Å². The number of hydrogen-bond donors (Lipinski definition) is 5. The van der Waals surface area contributed by atoms with Gasteiger partial charge >= 0.3 is 11.9 Å². The van der Waals surface area contributed by atoms with Crippen LogP contribution in [0.5, 0.6) is 0 Å². The van der Waals surface area contributed by atoms with Crippen molar-refractivity contribution in [1.29, 1.82) is 0 Å². The highest BCUT2D eigenvalue weighted by molar-refractivity contribution is 5.89. The van der Waals surface area contributed by atoms with E-state index in [1.807, 2.05) is 0 Å². The first-order valence-electron chi connectivity index (χ1n) is 11.0. The number of ether oxygens (including phenoxy) is 4. The Morgan fingerprint density at radius 2 is 1.74 bits per heavy atom. The zero-order valence-corrected chi connectivity index (χ0v) is 18.3. The number of hydrogen-bond acceptors (Lipinski definition) is 10. The molecule has 1 aromatic carbocycles. The fourth-order valence-corrected chi connectivity index (χ4v) is 4.79. The minimum Gasteiger partial charge on any atom is -0.478 e. The van der Waals surface area contributed by atoms with Gasteiger partial charge in [0.15, 0.2) is 6.29 Å². The maximum Gasteiger partial charge on any atom is 0.338 e. The highest BCUT2D eigenvalue weighted by atomic mass is 16.8. The van der Waals surface area contributed by atoms with Gasteiger partial charge in [-0.15, -0.1) is 0 Å². The molecule has 3 aliphatic rings. The summed E-state index contributed by atoms with van der Waals surface area (Å²) in [4.78, 5) is 23.8. The van der Waals surface area contributed by atoms with Crippen molar-refractivity contribution in [2.24, 2.45) is 17.8 Å². The molecule has 0 amide bonds. The summed E-state index contributed by atoms with van der Waals surface area (Å²) in [5.74, 6) is -3.30. The number of esters is 1. The van der Waals surface area contributed by atoms with Crippen molar-refractivity contribution >= 4 is 11.9 Å². The highest BCUT2D eigenvalue weighted by Gasteiger charge is 2.53. The average Bonchev–Trinajstić information content (AvgIpc) is 3.13. The van der Waals surface area contributed by atoms with Crippen molar-refractivity contribution in [1.82, 2.24) is 0 Å². The largest absolute Gasteiger partial charge is 0.478 e. The maximum atomic E-state index is 12.2. The predicted molar refractivity (Wildman–Crippen MR) is 112 cm³/mol. The van der Waals surface area contributed by atoms with Gasteiger partial charge in [0.2, 0.25) is 6.29 Å². The van der Waals surface area contributed by atoms with Crippen LogP contribution >= 0.6 is 0 Å². The van der Waals surface area contributed by atoms with Gasteiger partial charge in [0.25, 0.3) is 0 Å². The Labute approximate surface area is 195 Å². The molecule has 0 radical (unpaired) electrons. The van der Waals surface area contributed by atoms with Crippen LogP contribution in [0.4, 0.5) is 0 Å². The van der Waals surface area contributed by atoms with Gasteiger partial charge in [0, 0.05) is 11.8 Å². The van der Waals surface area contributed by atoms with Crippen LogP contribution in [0, 0.1) is 17.8 Å². The number of rotatable bonds is 6. The molecular weight excluding hydrogens is 452 g/mol.